The Morgan fingerprint density at radius 2 is 2.24 bits per heavy atom. The van der Waals surface area contributed by atoms with Crippen molar-refractivity contribution >= 4 is 11.9 Å². The number of amides is 1. The fourth-order valence-electron chi connectivity index (χ4n) is 2.07. The van der Waals surface area contributed by atoms with Gasteiger partial charge in [0.2, 0.25) is 0 Å². The van der Waals surface area contributed by atoms with E-state index < -0.39 is 0 Å². The number of methoxy groups -OCH3 is 1. The highest BCUT2D eigenvalue weighted by Crippen LogP contribution is 2.11. The summed E-state index contributed by atoms with van der Waals surface area (Å²) in [7, 11) is 2.79. The third-order valence-electron chi connectivity index (χ3n) is 3.23. The number of morpholine rings is 1. The van der Waals surface area contributed by atoms with Crippen molar-refractivity contribution in [1.29, 1.82) is 0 Å². The molecule has 114 valence electrons. The Morgan fingerprint density at radius 1 is 1.48 bits per heavy atom. The number of ether oxygens (including phenoxy) is 2. The van der Waals surface area contributed by atoms with Crippen LogP contribution in [-0.4, -0.2) is 59.5 Å². The molecule has 0 bridgehead atoms. The first-order chi connectivity index (χ1) is 10.0. The lowest BCUT2D eigenvalue weighted by molar-refractivity contribution is -0.145. The van der Waals surface area contributed by atoms with Gasteiger partial charge in [-0.05, 0) is 6.07 Å². The van der Waals surface area contributed by atoms with E-state index in [-0.39, 0.29) is 35.7 Å². The zero-order valence-electron chi connectivity index (χ0n) is 11.9. The highest BCUT2D eigenvalue weighted by atomic mass is 16.5. The van der Waals surface area contributed by atoms with Gasteiger partial charge in [0.1, 0.15) is 5.69 Å². The maximum absolute atomic E-state index is 12.3. The van der Waals surface area contributed by atoms with Crippen LogP contribution in [0.15, 0.2) is 16.9 Å². The third kappa shape index (κ3) is 3.66. The largest absolute Gasteiger partial charge is 0.469 e. The average molecular weight is 295 g/mol. The zero-order chi connectivity index (χ0) is 15.4. The zero-order valence-corrected chi connectivity index (χ0v) is 11.9. The summed E-state index contributed by atoms with van der Waals surface area (Å²) >= 11 is 0. The summed E-state index contributed by atoms with van der Waals surface area (Å²) < 4.78 is 11.1. The molecule has 1 amide bonds. The molecule has 21 heavy (non-hydrogen) atoms. The summed E-state index contributed by atoms with van der Waals surface area (Å²) in [5.41, 5.74) is -0.0899. The Balaban J connectivity index is 2.06. The molecule has 0 N–H and O–H groups in total. The van der Waals surface area contributed by atoms with Crippen LogP contribution in [0.25, 0.3) is 0 Å². The number of hydrogen-bond acceptors (Lipinski definition) is 6. The molecule has 0 radical (unpaired) electrons. The Morgan fingerprint density at radius 3 is 2.90 bits per heavy atom. The fourth-order valence-corrected chi connectivity index (χ4v) is 2.07. The molecule has 1 aromatic heterocycles. The third-order valence-corrected chi connectivity index (χ3v) is 3.23. The van der Waals surface area contributed by atoms with E-state index in [1.54, 1.807) is 4.90 Å². The number of aromatic nitrogens is 2. The van der Waals surface area contributed by atoms with Crippen LogP contribution >= 0.6 is 0 Å². The van der Waals surface area contributed by atoms with E-state index >= 15 is 0 Å². The van der Waals surface area contributed by atoms with Crippen LogP contribution in [0.2, 0.25) is 0 Å². The minimum Gasteiger partial charge on any atom is -0.469 e. The number of aryl methyl sites for hydroxylation is 1. The van der Waals surface area contributed by atoms with Crippen molar-refractivity contribution in [2.24, 2.45) is 7.05 Å². The molecular weight excluding hydrogens is 278 g/mol. The first-order valence-electron chi connectivity index (χ1n) is 6.53. The molecule has 1 aliphatic heterocycles. The lowest BCUT2D eigenvalue weighted by Gasteiger charge is -2.32. The second-order valence-electron chi connectivity index (χ2n) is 4.70. The molecule has 0 spiro atoms. The van der Waals surface area contributed by atoms with Gasteiger partial charge in [-0.15, -0.1) is 0 Å². The Bertz CT molecular complexity index is 598. The van der Waals surface area contributed by atoms with E-state index in [1.165, 1.54) is 26.3 Å². The standard InChI is InChI=1S/C13H17N3O5/c1-15-11(17)4-3-10(14-15)13(19)16-5-6-21-9(8-16)7-12(18)20-2/h3-4,9H,5-8H2,1-2H3. The first-order valence-corrected chi connectivity index (χ1v) is 6.53. The molecular formula is C13H17N3O5. The number of rotatable bonds is 3. The van der Waals surface area contributed by atoms with Gasteiger partial charge in [-0.1, -0.05) is 0 Å². The van der Waals surface area contributed by atoms with Crippen LogP contribution in [0.1, 0.15) is 16.9 Å². The molecule has 1 aliphatic rings. The highest BCUT2D eigenvalue weighted by Gasteiger charge is 2.27. The minimum absolute atomic E-state index is 0.0982. The second-order valence-corrected chi connectivity index (χ2v) is 4.70. The van der Waals surface area contributed by atoms with Crippen LogP contribution in [0.3, 0.4) is 0 Å². The Labute approximate surface area is 121 Å². The quantitative estimate of drug-likeness (QED) is 0.677. The normalized spacial score (nSPS) is 18.4. The molecule has 1 saturated heterocycles. The van der Waals surface area contributed by atoms with E-state index in [2.05, 4.69) is 9.84 Å². The predicted molar refractivity (Wildman–Crippen MR) is 71.8 cm³/mol. The van der Waals surface area contributed by atoms with Crippen molar-refractivity contribution in [3.8, 4) is 0 Å². The second kappa shape index (κ2) is 6.49. The van der Waals surface area contributed by atoms with Gasteiger partial charge >= 0.3 is 5.97 Å². The van der Waals surface area contributed by atoms with Gasteiger partial charge in [0, 0.05) is 26.2 Å². The molecule has 8 nitrogen and oxygen atoms in total. The van der Waals surface area contributed by atoms with Crippen molar-refractivity contribution in [2.75, 3.05) is 26.8 Å². The van der Waals surface area contributed by atoms with Gasteiger partial charge in [0.15, 0.2) is 0 Å². The summed E-state index contributed by atoms with van der Waals surface area (Å²) in [5, 5.41) is 3.93. The van der Waals surface area contributed by atoms with Gasteiger partial charge in [-0.25, -0.2) is 4.68 Å². The molecule has 0 aliphatic carbocycles. The van der Waals surface area contributed by atoms with Crippen LogP contribution in [0, 0.1) is 0 Å². The molecule has 1 aromatic rings. The van der Waals surface area contributed by atoms with Gasteiger partial charge < -0.3 is 14.4 Å². The SMILES string of the molecule is COC(=O)CC1CN(C(=O)c2ccc(=O)n(C)n2)CCO1. The average Bonchev–Trinajstić information content (AvgIpc) is 2.49. The maximum Gasteiger partial charge on any atom is 0.308 e. The van der Waals surface area contributed by atoms with Crippen molar-refractivity contribution in [3.05, 3.63) is 28.2 Å². The van der Waals surface area contributed by atoms with Crippen molar-refractivity contribution in [1.82, 2.24) is 14.7 Å². The lowest BCUT2D eigenvalue weighted by Crippen LogP contribution is -2.46. The van der Waals surface area contributed by atoms with Crippen LogP contribution < -0.4 is 5.56 Å². The Kier molecular flexibility index (Phi) is 4.69. The van der Waals surface area contributed by atoms with Gasteiger partial charge in [-0.3, -0.25) is 14.4 Å². The molecule has 0 saturated carbocycles. The molecule has 1 atom stereocenters. The summed E-state index contributed by atoms with van der Waals surface area (Å²) in [6.45, 7) is 1.05. The van der Waals surface area contributed by atoms with Crippen LogP contribution in [0.5, 0.6) is 0 Å². The number of carbonyl (C=O) groups excluding carboxylic acids is 2. The molecule has 0 aromatic carbocycles. The fraction of sp³-hybridized carbons (Fsp3) is 0.538. The van der Waals surface area contributed by atoms with E-state index in [4.69, 9.17) is 4.74 Å². The van der Waals surface area contributed by atoms with E-state index in [1.807, 2.05) is 0 Å². The molecule has 1 unspecified atom stereocenters. The smallest absolute Gasteiger partial charge is 0.308 e. The van der Waals surface area contributed by atoms with Gasteiger partial charge in [0.05, 0.1) is 26.2 Å². The van der Waals surface area contributed by atoms with E-state index in [9.17, 15) is 14.4 Å². The predicted octanol–water partition coefficient (Wildman–Crippen LogP) is -0.816. The molecule has 1 fully saturated rings. The number of carbonyl (C=O) groups is 2. The number of esters is 1. The number of nitrogens with zero attached hydrogens (tertiary/aromatic N) is 3. The minimum atomic E-state index is -0.386. The van der Waals surface area contributed by atoms with Crippen LogP contribution in [-0.2, 0) is 21.3 Å². The Hall–Kier alpha value is -2.22. The van der Waals surface area contributed by atoms with Gasteiger partial charge in [-0.2, -0.15) is 5.10 Å². The summed E-state index contributed by atoms with van der Waals surface area (Å²) in [4.78, 5) is 36.4. The number of hydrogen-bond donors (Lipinski definition) is 0. The summed E-state index contributed by atoms with van der Waals surface area (Å²) in [5.74, 6) is -0.668. The topological polar surface area (TPSA) is 90.7 Å². The van der Waals surface area contributed by atoms with Crippen LogP contribution in [0.4, 0.5) is 0 Å². The highest BCUT2D eigenvalue weighted by molar-refractivity contribution is 5.92. The molecule has 8 heteroatoms. The lowest BCUT2D eigenvalue weighted by atomic mass is 10.2. The monoisotopic (exact) mass is 295 g/mol. The van der Waals surface area contributed by atoms with Crippen molar-refractivity contribution < 1.29 is 19.1 Å². The van der Waals surface area contributed by atoms with Crippen molar-refractivity contribution in [2.45, 2.75) is 12.5 Å². The first kappa shape index (κ1) is 15.2. The molecule has 2 rings (SSSR count). The van der Waals surface area contributed by atoms with E-state index in [0.29, 0.717) is 19.7 Å². The van der Waals surface area contributed by atoms with Crippen molar-refractivity contribution in [3.63, 3.8) is 0 Å². The summed E-state index contributed by atoms with van der Waals surface area (Å²) in [6, 6.07) is 2.70. The summed E-state index contributed by atoms with van der Waals surface area (Å²) in [6.07, 6.45) is -0.288. The van der Waals surface area contributed by atoms with Gasteiger partial charge in [0.25, 0.3) is 11.5 Å². The maximum atomic E-state index is 12.3. The van der Waals surface area contributed by atoms with E-state index in [0.717, 1.165) is 4.68 Å². The molecule has 2 heterocycles.